The lowest BCUT2D eigenvalue weighted by Crippen LogP contribution is -2.43. The molecule has 0 unspecified atom stereocenters. The maximum Gasteiger partial charge on any atom is 0.310 e. The molecule has 0 heterocycles. The van der Waals surface area contributed by atoms with Gasteiger partial charge in [-0.25, -0.2) is 0 Å². The van der Waals surface area contributed by atoms with E-state index in [0.717, 1.165) is 19.3 Å². The second-order valence-electron chi connectivity index (χ2n) is 7.53. The van der Waals surface area contributed by atoms with E-state index in [1.165, 1.54) is 12.8 Å². The van der Waals surface area contributed by atoms with E-state index >= 15 is 0 Å². The highest BCUT2D eigenvalue weighted by atomic mass is 16.4. The first kappa shape index (κ1) is 15.3. The highest BCUT2D eigenvalue weighted by molar-refractivity contribution is 5.85. The molecule has 0 saturated heterocycles. The molecule has 2 N–H and O–H groups in total. The van der Waals surface area contributed by atoms with Gasteiger partial charge in [-0.3, -0.25) is 9.59 Å². The molecule has 4 heteroatoms. The fourth-order valence-electron chi connectivity index (χ4n) is 3.36. The Morgan fingerprint density at radius 3 is 2.20 bits per heavy atom. The van der Waals surface area contributed by atoms with Crippen molar-refractivity contribution in [1.29, 1.82) is 0 Å². The third kappa shape index (κ3) is 3.53. The van der Waals surface area contributed by atoms with Crippen LogP contribution in [0.5, 0.6) is 0 Å². The van der Waals surface area contributed by atoms with E-state index in [0.29, 0.717) is 30.7 Å². The molecule has 114 valence electrons. The standard InChI is InChI=1S/C16H27NO3/c1-15(2)8-4-12(5-9-15)11-17-13(18)10-16(14(19)20)6-3-7-16/h12H,3-11H2,1-2H3,(H,17,18)(H,19,20). The van der Waals surface area contributed by atoms with Gasteiger partial charge in [-0.1, -0.05) is 20.3 Å². The summed E-state index contributed by atoms with van der Waals surface area (Å²) in [6.45, 7) is 5.31. The summed E-state index contributed by atoms with van der Waals surface area (Å²) in [4.78, 5) is 23.2. The van der Waals surface area contributed by atoms with E-state index in [1.54, 1.807) is 0 Å². The second kappa shape index (κ2) is 5.74. The number of hydrogen-bond acceptors (Lipinski definition) is 2. The molecule has 0 aromatic carbocycles. The first-order chi connectivity index (χ1) is 9.33. The first-order valence-electron chi connectivity index (χ1n) is 7.83. The molecule has 0 radical (unpaired) electrons. The largest absolute Gasteiger partial charge is 0.481 e. The van der Waals surface area contributed by atoms with Gasteiger partial charge in [-0.2, -0.15) is 0 Å². The van der Waals surface area contributed by atoms with Crippen molar-refractivity contribution in [3.8, 4) is 0 Å². The second-order valence-corrected chi connectivity index (χ2v) is 7.53. The van der Waals surface area contributed by atoms with E-state index in [9.17, 15) is 14.7 Å². The molecule has 2 aliphatic carbocycles. The van der Waals surface area contributed by atoms with Gasteiger partial charge in [0.15, 0.2) is 0 Å². The van der Waals surface area contributed by atoms with Crippen LogP contribution in [0.1, 0.15) is 65.2 Å². The van der Waals surface area contributed by atoms with Crippen LogP contribution in [0.2, 0.25) is 0 Å². The minimum absolute atomic E-state index is 0.0862. The Labute approximate surface area is 121 Å². The van der Waals surface area contributed by atoms with E-state index in [4.69, 9.17) is 0 Å². The average molecular weight is 281 g/mol. The number of carboxylic acids is 1. The normalized spacial score (nSPS) is 24.7. The van der Waals surface area contributed by atoms with Gasteiger partial charge in [-0.05, 0) is 49.9 Å². The van der Waals surface area contributed by atoms with Gasteiger partial charge in [0, 0.05) is 13.0 Å². The van der Waals surface area contributed by atoms with E-state index in [-0.39, 0.29) is 12.3 Å². The summed E-state index contributed by atoms with van der Waals surface area (Å²) in [7, 11) is 0. The van der Waals surface area contributed by atoms with Crippen molar-refractivity contribution in [1.82, 2.24) is 5.32 Å². The van der Waals surface area contributed by atoms with Gasteiger partial charge in [-0.15, -0.1) is 0 Å². The molecule has 0 bridgehead atoms. The molecule has 20 heavy (non-hydrogen) atoms. The number of rotatable bonds is 5. The topological polar surface area (TPSA) is 66.4 Å². The number of amides is 1. The Morgan fingerprint density at radius 1 is 1.15 bits per heavy atom. The molecule has 0 spiro atoms. The fourth-order valence-corrected chi connectivity index (χ4v) is 3.36. The van der Waals surface area contributed by atoms with Crippen LogP contribution >= 0.6 is 0 Å². The quantitative estimate of drug-likeness (QED) is 0.814. The molecule has 0 aromatic rings. The Hall–Kier alpha value is -1.06. The number of aliphatic carboxylic acids is 1. The molecule has 4 nitrogen and oxygen atoms in total. The molecule has 1 amide bonds. The van der Waals surface area contributed by atoms with E-state index < -0.39 is 11.4 Å². The van der Waals surface area contributed by atoms with Crippen LogP contribution in [0.4, 0.5) is 0 Å². The third-order valence-corrected chi connectivity index (χ3v) is 5.31. The summed E-state index contributed by atoms with van der Waals surface area (Å²) in [5, 5.41) is 12.2. The smallest absolute Gasteiger partial charge is 0.310 e. The van der Waals surface area contributed by atoms with Crippen molar-refractivity contribution >= 4 is 11.9 Å². The monoisotopic (exact) mass is 281 g/mol. The van der Waals surface area contributed by atoms with E-state index in [2.05, 4.69) is 19.2 Å². The van der Waals surface area contributed by atoms with Crippen LogP contribution in [-0.2, 0) is 9.59 Å². The molecule has 0 aliphatic heterocycles. The van der Waals surface area contributed by atoms with Crippen molar-refractivity contribution in [3.63, 3.8) is 0 Å². The molecule has 2 fully saturated rings. The summed E-state index contributed by atoms with van der Waals surface area (Å²) >= 11 is 0. The summed E-state index contributed by atoms with van der Waals surface area (Å²) in [6.07, 6.45) is 7.13. The Balaban J connectivity index is 1.72. The van der Waals surface area contributed by atoms with Crippen molar-refractivity contribution in [2.75, 3.05) is 6.54 Å². The SMILES string of the molecule is CC1(C)CCC(CNC(=O)CC2(C(=O)O)CCC2)CC1. The number of hydrogen-bond donors (Lipinski definition) is 2. The zero-order chi connectivity index (χ0) is 14.8. The molecule has 0 aromatic heterocycles. The van der Waals surface area contributed by atoms with Crippen LogP contribution in [0.3, 0.4) is 0 Å². The highest BCUT2D eigenvalue weighted by Crippen LogP contribution is 2.44. The van der Waals surface area contributed by atoms with Gasteiger partial charge in [0.25, 0.3) is 0 Å². The predicted molar refractivity (Wildman–Crippen MR) is 77.3 cm³/mol. The van der Waals surface area contributed by atoms with Crippen molar-refractivity contribution in [2.24, 2.45) is 16.7 Å². The van der Waals surface area contributed by atoms with Gasteiger partial charge < -0.3 is 10.4 Å². The van der Waals surface area contributed by atoms with Crippen molar-refractivity contribution < 1.29 is 14.7 Å². The van der Waals surface area contributed by atoms with Crippen LogP contribution in [0.25, 0.3) is 0 Å². The number of nitrogens with one attached hydrogen (secondary N) is 1. The van der Waals surface area contributed by atoms with Gasteiger partial charge >= 0.3 is 5.97 Å². The molecule has 2 saturated carbocycles. The van der Waals surface area contributed by atoms with Crippen molar-refractivity contribution in [2.45, 2.75) is 65.2 Å². The van der Waals surface area contributed by atoms with Crippen LogP contribution in [0, 0.1) is 16.7 Å². The summed E-state index contributed by atoms with van der Waals surface area (Å²) in [5.74, 6) is -0.329. The molecule has 0 atom stereocenters. The third-order valence-electron chi connectivity index (χ3n) is 5.31. The number of carbonyl (C=O) groups is 2. The Morgan fingerprint density at radius 2 is 1.75 bits per heavy atom. The molecule has 2 aliphatic rings. The minimum atomic E-state index is -0.807. The van der Waals surface area contributed by atoms with Gasteiger partial charge in [0.05, 0.1) is 5.41 Å². The maximum atomic E-state index is 12.0. The van der Waals surface area contributed by atoms with Crippen molar-refractivity contribution in [3.05, 3.63) is 0 Å². The first-order valence-corrected chi connectivity index (χ1v) is 7.83. The Bertz CT molecular complexity index is 375. The summed E-state index contributed by atoms with van der Waals surface area (Å²) in [5.41, 5.74) is -0.321. The van der Waals surface area contributed by atoms with Crippen LogP contribution in [0.15, 0.2) is 0 Å². The van der Waals surface area contributed by atoms with E-state index in [1.807, 2.05) is 0 Å². The highest BCUT2D eigenvalue weighted by Gasteiger charge is 2.45. The maximum absolute atomic E-state index is 12.0. The average Bonchev–Trinajstić information content (AvgIpc) is 2.32. The van der Waals surface area contributed by atoms with Gasteiger partial charge in [0.1, 0.15) is 0 Å². The Kier molecular flexibility index (Phi) is 4.40. The predicted octanol–water partition coefficient (Wildman–Crippen LogP) is 2.96. The lowest BCUT2D eigenvalue weighted by atomic mass is 9.66. The van der Waals surface area contributed by atoms with Crippen LogP contribution < -0.4 is 5.32 Å². The van der Waals surface area contributed by atoms with Crippen LogP contribution in [-0.4, -0.2) is 23.5 Å². The summed E-state index contributed by atoms with van der Waals surface area (Å²) in [6, 6.07) is 0. The molecular weight excluding hydrogens is 254 g/mol. The van der Waals surface area contributed by atoms with Gasteiger partial charge in [0.2, 0.25) is 5.91 Å². The molecular formula is C16H27NO3. The fraction of sp³-hybridized carbons (Fsp3) is 0.875. The lowest BCUT2D eigenvalue weighted by molar-refractivity contribution is -0.157. The molecule has 2 rings (SSSR count). The zero-order valence-electron chi connectivity index (χ0n) is 12.7. The minimum Gasteiger partial charge on any atom is -0.481 e. The number of carboxylic acid groups (broad SMARTS) is 1. The lowest BCUT2D eigenvalue weighted by Gasteiger charge is -2.37. The zero-order valence-corrected chi connectivity index (χ0v) is 12.7. The number of carbonyl (C=O) groups excluding carboxylic acids is 1. The summed E-state index contributed by atoms with van der Waals surface area (Å²) < 4.78 is 0.